The Balaban J connectivity index is 2.98. The van der Waals surface area contributed by atoms with Crippen molar-refractivity contribution in [3.05, 3.63) is 29.0 Å². The van der Waals surface area contributed by atoms with Gasteiger partial charge in [-0.05, 0) is 6.07 Å². The van der Waals surface area contributed by atoms with Crippen LogP contribution >= 0.6 is 11.6 Å². The van der Waals surface area contributed by atoms with Gasteiger partial charge in [-0.1, -0.05) is 17.7 Å². The van der Waals surface area contributed by atoms with Crippen molar-refractivity contribution in [1.82, 2.24) is 4.98 Å². The number of aromatic nitrogens is 1. The number of halogens is 1. The van der Waals surface area contributed by atoms with E-state index in [2.05, 4.69) is 4.98 Å². The highest BCUT2D eigenvalue weighted by Gasteiger charge is 2.08. The van der Waals surface area contributed by atoms with Gasteiger partial charge in [0.05, 0.1) is 5.75 Å². The van der Waals surface area contributed by atoms with Crippen LogP contribution in [0.2, 0.25) is 5.15 Å². The number of hydrogen-bond donors (Lipinski definition) is 1. The zero-order valence-corrected chi connectivity index (χ0v) is 7.64. The zero-order valence-electron chi connectivity index (χ0n) is 6.07. The number of nitrogens with zero attached hydrogens (tertiary/aromatic N) is 1. The highest BCUT2D eigenvalue weighted by atomic mass is 35.5. The molecule has 0 amide bonds. The Morgan fingerprint density at radius 1 is 1.58 bits per heavy atom. The summed E-state index contributed by atoms with van der Waals surface area (Å²) >= 11 is 5.60. The fraction of sp³-hybridized carbons (Fsp3) is 0.167. The molecule has 0 fully saturated rings. The van der Waals surface area contributed by atoms with Crippen LogP contribution in [0.25, 0.3) is 0 Å². The van der Waals surface area contributed by atoms with Gasteiger partial charge in [-0.25, -0.2) is 18.5 Å². The summed E-state index contributed by atoms with van der Waals surface area (Å²) in [5.41, 5.74) is 0.418. The van der Waals surface area contributed by atoms with Crippen molar-refractivity contribution in [3.8, 4) is 0 Å². The average Bonchev–Trinajstić information content (AvgIpc) is 1.91. The molecule has 6 heteroatoms. The fourth-order valence-electron chi connectivity index (χ4n) is 0.744. The first-order valence-corrected chi connectivity index (χ1v) is 5.18. The lowest BCUT2D eigenvalue weighted by Gasteiger charge is -1.99. The maximum Gasteiger partial charge on any atom is 0.213 e. The summed E-state index contributed by atoms with van der Waals surface area (Å²) in [5, 5.41) is 4.99. The summed E-state index contributed by atoms with van der Waals surface area (Å²) in [4.78, 5) is 3.71. The van der Waals surface area contributed by atoms with Crippen LogP contribution in [0.4, 0.5) is 0 Å². The van der Waals surface area contributed by atoms with Crippen LogP contribution in [0.5, 0.6) is 0 Å². The van der Waals surface area contributed by atoms with Crippen LogP contribution in [0.15, 0.2) is 18.3 Å². The van der Waals surface area contributed by atoms with E-state index < -0.39 is 10.0 Å². The molecule has 1 heterocycles. The van der Waals surface area contributed by atoms with Gasteiger partial charge >= 0.3 is 0 Å². The summed E-state index contributed by atoms with van der Waals surface area (Å²) < 4.78 is 21.3. The Morgan fingerprint density at radius 3 is 2.75 bits per heavy atom. The lowest BCUT2D eigenvalue weighted by Crippen LogP contribution is -2.14. The summed E-state index contributed by atoms with van der Waals surface area (Å²) in [5.74, 6) is -0.278. The van der Waals surface area contributed by atoms with Crippen molar-refractivity contribution in [3.63, 3.8) is 0 Å². The standard InChI is InChI=1S/C6H7ClN2O2S/c7-6-5(2-1-3-9-6)4-12(8,10)11/h1-3H,4H2,(H2,8,10,11). The third kappa shape index (κ3) is 2.77. The van der Waals surface area contributed by atoms with Crippen molar-refractivity contribution >= 4 is 21.6 Å². The van der Waals surface area contributed by atoms with E-state index in [1.54, 1.807) is 12.1 Å². The topological polar surface area (TPSA) is 73.1 Å². The van der Waals surface area contributed by atoms with E-state index in [4.69, 9.17) is 16.7 Å². The van der Waals surface area contributed by atoms with E-state index in [-0.39, 0.29) is 10.9 Å². The van der Waals surface area contributed by atoms with Gasteiger partial charge in [0.1, 0.15) is 5.15 Å². The lowest BCUT2D eigenvalue weighted by atomic mass is 10.3. The third-order valence-electron chi connectivity index (χ3n) is 1.19. The highest BCUT2D eigenvalue weighted by Crippen LogP contribution is 2.13. The maximum atomic E-state index is 10.6. The number of pyridine rings is 1. The number of sulfonamides is 1. The molecule has 1 aromatic heterocycles. The zero-order chi connectivity index (χ0) is 9.19. The smallest absolute Gasteiger partial charge is 0.213 e. The molecule has 0 bridgehead atoms. The molecule has 1 rings (SSSR count). The second-order valence-corrected chi connectivity index (χ2v) is 4.23. The second-order valence-electron chi connectivity index (χ2n) is 2.26. The Hall–Kier alpha value is -0.650. The molecule has 0 atom stereocenters. The lowest BCUT2D eigenvalue weighted by molar-refractivity contribution is 0.597. The van der Waals surface area contributed by atoms with E-state index in [9.17, 15) is 8.42 Å². The molecule has 0 saturated carbocycles. The number of rotatable bonds is 2. The molecular formula is C6H7ClN2O2S. The first kappa shape index (κ1) is 9.44. The molecule has 0 saturated heterocycles. The van der Waals surface area contributed by atoms with Gasteiger partial charge in [0.15, 0.2) is 0 Å². The number of nitrogens with two attached hydrogens (primary N) is 1. The van der Waals surface area contributed by atoms with Crippen LogP contribution in [0, 0.1) is 0 Å². The minimum Gasteiger partial charge on any atom is -0.244 e. The van der Waals surface area contributed by atoms with Crippen molar-refractivity contribution in [2.45, 2.75) is 5.75 Å². The summed E-state index contributed by atoms with van der Waals surface area (Å²) in [7, 11) is -3.52. The Labute approximate surface area is 75.4 Å². The molecule has 2 N–H and O–H groups in total. The van der Waals surface area contributed by atoms with Crippen molar-refractivity contribution in [2.24, 2.45) is 5.14 Å². The van der Waals surface area contributed by atoms with Gasteiger partial charge in [0.25, 0.3) is 0 Å². The molecular weight excluding hydrogens is 200 g/mol. The van der Waals surface area contributed by atoms with Gasteiger partial charge in [-0.3, -0.25) is 0 Å². The Kier molecular flexibility index (Phi) is 2.66. The van der Waals surface area contributed by atoms with E-state index in [0.717, 1.165) is 0 Å². The number of hydrogen-bond acceptors (Lipinski definition) is 3. The fourth-order valence-corrected chi connectivity index (χ4v) is 1.68. The average molecular weight is 207 g/mol. The molecule has 1 aromatic rings. The van der Waals surface area contributed by atoms with E-state index in [1.807, 2.05) is 0 Å². The van der Waals surface area contributed by atoms with E-state index in [1.165, 1.54) is 6.20 Å². The van der Waals surface area contributed by atoms with Crippen molar-refractivity contribution < 1.29 is 8.42 Å². The molecule has 0 unspecified atom stereocenters. The van der Waals surface area contributed by atoms with Crippen LogP contribution in [0.1, 0.15) is 5.56 Å². The van der Waals surface area contributed by atoms with Gasteiger partial charge in [-0.15, -0.1) is 0 Å². The molecule has 12 heavy (non-hydrogen) atoms. The molecule has 0 aliphatic carbocycles. The van der Waals surface area contributed by atoms with Crippen LogP contribution < -0.4 is 5.14 Å². The van der Waals surface area contributed by atoms with Gasteiger partial charge in [0, 0.05) is 11.8 Å². The summed E-state index contributed by atoms with van der Waals surface area (Å²) in [6.45, 7) is 0. The first-order chi connectivity index (χ1) is 5.49. The highest BCUT2D eigenvalue weighted by molar-refractivity contribution is 7.88. The van der Waals surface area contributed by atoms with E-state index >= 15 is 0 Å². The molecule has 0 aliphatic heterocycles. The van der Waals surface area contributed by atoms with Crippen molar-refractivity contribution in [1.29, 1.82) is 0 Å². The summed E-state index contributed by atoms with van der Waals surface area (Å²) in [6.07, 6.45) is 1.48. The minimum absolute atomic E-state index is 0.173. The van der Waals surface area contributed by atoms with Crippen molar-refractivity contribution in [2.75, 3.05) is 0 Å². The molecule has 0 radical (unpaired) electrons. The molecule has 4 nitrogen and oxygen atoms in total. The van der Waals surface area contributed by atoms with Gasteiger partial charge in [0.2, 0.25) is 10.0 Å². The van der Waals surface area contributed by atoms with Crippen LogP contribution in [-0.2, 0) is 15.8 Å². The number of primary sulfonamides is 1. The third-order valence-corrected chi connectivity index (χ3v) is 2.25. The summed E-state index contributed by atoms with van der Waals surface area (Å²) in [6, 6.07) is 3.17. The molecule has 66 valence electrons. The predicted octanol–water partition coefficient (Wildman–Crippen LogP) is 0.523. The largest absolute Gasteiger partial charge is 0.244 e. The normalized spacial score (nSPS) is 11.5. The molecule has 0 spiro atoms. The molecule has 0 aliphatic rings. The second kappa shape index (κ2) is 3.38. The predicted molar refractivity (Wildman–Crippen MR) is 46.1 cm³/mol. The van der Waals surface area contributed by atoms with Crippen LogP contribution in [0.3, 0.4) is 0 Å². The minimum atomic E-state index is -3.52. The van der Waals surface area contributed by atoms with Gasteiger partial charge in [-0.2, -0.15) is 0 Å². The first-order valence-electron chi connectivity index (χ1n) is 3.09. The maximum absolute atomic E-state index is 10.6. The SMILES string of the molecule is NS(=O)(=O)Cc1cccnc1Cl. The quantitative estimate of drug-likeness (QED) is 0.718. The Bertz CT molecular complexity index is 377. The van der Waals surface area contributed by atoms with E-state index in [0.29, 0.717) is 5.56 Å². The Morgan fingerprint density at radius 2 is 2.25 bits per heavy atom. The van der Waals surface area contributed by atoms with Gasteiger partial charge < -0.3 is 0 Å². The van der Waals surface area contributed by atoms with Crippen LogP contribution in [-0.4, -0.2) is 13.4 Å². The monoisotopic (exact) mass is 206 g/mol. The molecule has 0 aromatic carbocycles.